The molecule has 0 aliphatic carbocycles. The monoisotopic (exact) mass is 275 g/mol. The van der Waals surface area contributed by atoms with Gasteiger partial charge in [0.05, 0.1) is 0 Å². The van der Waals surface area contributed by atoms with Gasteiger partial charge in [-0.25, -0.2) is 0 Å². The van der Waals surface area contributed by atoms with Crippen LogP contribution < -0.4 is 5.32 Å². The van der Waals surface area contributed by atoms with Crippen LogP contribution in [0.4, 0.5) is 0 Å². The number of hydrogen-bond acceptors (Lipinski definition) is 1. The van der Waals surface area contributed by atoms with E-state index < -0.39 is 0 Å². The Hall–Kier alpha value is -0.820. The lowest BCUT2D eigenvalue weighted by Gasteiger charge is -2.18. The minimum atomic E-state index is 0.539. The van der Waals surface area contributed by atoms with Gasteiger partial charge in [-0.2, -0.15) is 0 Å². The van der Waals surface area contributed by atoms with Crippen molar-refractivity contribution in [2.45, 2.75) is 78.2 Å². The summed E-state index contributed by atoms with van der Waals surface area (Å²) < 4.78 is 0. The van der Waals surface area contributed by atoms with Crippen LogP contribution in [0.2, 0.25) is 0 Å². The first-order valence-corrected chi connectivity index (χ1v) is 8.64. The predicted octanol–water partition coefficient (Wildman–Crippen LogP) is 5.65. The quantitative estimate of drug-likeness (QED) is 0.514. The van der Waals surface area contributed by atoms with Gasteiger partial charge in [0.1, 0.15) is 0 Å². The van der Waals surface area contributed by atoms with Crippen molar-refractivity contribution in [2.24, 2.45) is 0 Å². The molecule has 0 aliphatic rings. The Kier molecular flexibility index (Phi) is 9.40. The van der Waals surface area contributed by atoms with E-state index >= 15 is 0 Å². The topological polar surface area (TPSA) is 12.0 Å². The number of nitrogens with one attached hydrogen (secondary N) is 1. The Morgan fingerprint density at radius 2 is 1.50 bits per heavy atom. The van der Waals surface area contributed by atoms with Crippen LogP contribution in [0.25, 0.3) is 0 Å². The molecule has 0 heterocycles. The number of hydrogen-bond donors (Lipinski definition) is 1. The Morgan fingerprint density at radius 3 is 2.10 bits per heavy atom. The van der Waals surface area contributed by atoms with Gasteiger partial charge < -0.3 is 5.32 Å². The van der Waals surface area contributed by atoms with Gasteiger partial charge in [-0.15, -0.1) is 0 Å². The first-order valence-electron chi connectivity index (χ1n) is 8.64. The summed E-state index contributed by atoms with van der Waals surface area (Å²) in [5, 5.41) is 3.64. The van der Waals surface area contributed by atoms with Crippen molar-refractivity contribution in [3.63, 3.8) is 0 Å². The predicted molar refractivity (Wildman–Crippen MR) is 90.2 cm³/mol. The van der Waals surface area contributed by atoms with Gasteiger partial charge in [0.25, 0.3) is 0 Å². The molecular formula is C19H33N. The Labute approximate surface area is 126 Å². The minimum absolute atomic E-state index is 0.539. The fraction of sp³-hybridized carbons (Fsp3) is 0.684. The van der Waals surface area contributed by atoms with Crippen molar-refractivity contribution in [1.82, 2.24) is 5.32 Å². The molecule has 0 radical (unpaired) electrons. The average molecular weight is 275 g/mol. The van der Waals surface area contributed by atoms with E-state index in [4.69, 9.17) is 0 Å². The molecule has 0 saturated heterocycles. The maximum absolute atomic E-state index is 3.64. The fourth-order valence-electron chi connectivity index (χ4n) is 2.75. The molecule has 1 aromatic carbocycles. The standard InChI is InChI=1S/C19H33N/c1-4-7-8-9-10-11-12-19(20-6-3)18-15-13-17(5-2)14-16-18/h13-16,19-20H,4-12H2,1-3H3. The molecule has 1 unspecified atom stereocenters. The lowest BCUT2D eigenvalue weighted by molar-refractivity contribution is 0.477. The highest BCUT2D eigenvalue weighted by atomic mass is 14.9. The van der Waals surface area contributed by atoms with E-state index in [1.54, 1.807) is 0 Å². The molecule has 0 fully saturated rings. The number of aryl methyl sites for hydroxylation is 1. The van der Waals surface area contributed by atoms with Gasteiger partial charge in [-0.3, -0.25) is 0 Å². The summed E-state index contributed by atoms with van der Waals surface area (Å²) in [4.78, 5) is 0. The van der Waals surface area contributed by atoms with Crippen LogP contribution in [0.1, 0.15) is 82.9 Å². The SMILES string of the molecule is CCCCCCCCC(NCC)c1ccc(CC)cc1. The third-order valence-corrected chi connectivity index (χ3v) is 4.09. The lowest BCUT2D eigenvalue weighted by atomic mass is 9.98. The van der Waals surface area contributed by atoms with Crippen LogP contribution in [0, 0.1) is 0 Å². The largest absolute Gasteiger partial charge is 0.310 e. The van der Waals surface area contributed by atoms with Crippen molar-refractivity contribution >= 4 is 0 Å². The molecule has 20 heavy (non-hydrogen) atoms. The summed E-state index contributed by atoms with van der Waals surface area (Å²) in [6.07, 6.45) is 10.7. The van der Waals surface area contributed by atoms with Crippen molar-refractivity contribution in [2.75, 3.05) is 6.54 Å². The van der Waals surface area contributed by atoms with Gasteiger partial charge in [0.15, 0.2) is 0 Å². The van der Waals surface area contributed by atoms with Gasteiger partial charge in [-0.05, 0) is 30.5 Å². The Morgan fingerprint density at radius 1 is 0.850 bits per heavy atom. The Balaban J connectivity index is 2.38. The zero-order chi connectivity index (χ0) is 14.6. The first kappa shape index (κ1) is 17.2. The summed E-state index contributed by atoms with van der Waals surface area (Å²) in [5.41, 5.74) is 2.89. The van der Waals surface area contributed by atoms with Gasteiger partial charge in [-0.1, -0.05) is 83.6 Å². The molecule has 0 saturated carbocycles. The lowest BCUT2D eigenvalue weighted by Crippen LogP contribution is -2.20. The molecule has 0 aliphatic heterocycles. The summed E-state index contributed by atoms with van der Waals surface area (Å²) in [7, 11) is 0. The number of unbranched alkanes of at least 4 members (excludes halogenated alkanes) is 5. The molecule has 1 nitrogen and oxygen atoms in total. The second kappa shape index (κ2) is 10.9. The molecule has 1 N–H and O–H groups in total. The highest BCUT2D eigenvalue weighted by Crippen LogP contribution is 2.21. The zero-order valence-electron chi connectivity index (χ0n) is 13.8. The van der Waals surface area contributed by atoms with Crippen molar-refractivity contribution < 1.29 is 0 Å². The van der Waals surface area contributed by atoms with Crippen LogP contribution in [-0.4, -0.2) is 6.54 Å². The Bertz CT molecular complexity index is 328. The van der Waals surface area contributed by atoms with E-state index in [-0.39, 0.29) is 0 Å². The van der Waals surface area contributed by atoms with E-state index in [0.29, 0.717) is 6.04 Å². The minimum Gasteiger partial charge on any atom is -0.310 e. The number of benzene rings is 1. The third kappa shape index (κ3) is 6.56. The van der Waals surface area contributed by atoms with Crippen LogP contribution in [0.3, 0.4) is 0 Å². The molecule has 1 heteroatoms. The van der Waals surface area contributed by atoms with E-state index in [0.717, 1.165) is 13.0 Å². The normalized spacial score (nSPS) is 12.6. The van der Waals surface area contributed by atoms with Gasteiger partial charge >= 0.3 is 0 Å². The van der Waals surface area contributed by atoms with Crippen molar-refractivity contribution in [3.05, 3.63) is 35.4 Å². The number of rotatable bonds is 11. The van der Waals surface area contributed by atoms with Crippen LogP contribution >= 0.6 is 0 Å². The van der Waals surface area contributed by atoms with Crippen molar-refractivity contribution in [1.29, 1.82) is 0 Å². The highest BCUT2D eigenvalue weighted by Gasteiger charge is 2.09. The summed E-state index contributed by atoms with van der Waals surface area (Å²) in [5.74, 6) is 0. The van der Waals surface area contributed by atoms with Gasteiger partial charge in [0, 0.05) is 6.04 Å². The molecule has 0 bridgehead atoms. The van der Waals surface area contributed by atoms with Crippen LogP contribution in [0.15, 0.2) is 24.3 Å². The summed E-state index contributed by atoms with van der Waals surface area (Å²) in [6.45, 7) is 7.75. The third-order valence-electron chi connectivity index (χ3n) is 4.09. The maximum atomic E-state index is 3.64. The van der Waals surface area contributed by atoms with E-state index in [1.807, 2.05) is 0 Å². The zero-order valence-corrected chi connectivity index (χ0v) is 13.8. The molecule has 0 aromatic heterocycles. The molecule has 1 rings (SSSR count). The molecule has 0 amide bonds. The van der Waals surface area contributed by atoms with Crippen molar-refractivity contribution in [3.8, 4) is 0 Å². The summed E-state index contributed by atoms with van der Waals surface area (Å²) >= 11 is 0. The second-order valence-corrected chi connectivity index (χ2v) is 5.76. The summed E-state index contributed by atoms with van der Waals surface area (Å²) in [6, 6.07) is 9.71. The highest BCUT2D eigenvalue weighted by molar-refractivity contribution is 5.25. The molecular weight excluding hydrogens is 242 g/mol. The van der Waals surface area contributed by atoms with E-state index in [2.05, 4.69) is 50.4 Å². The van der Waals surface area contributed by atoms with Crippen LogP contribution in [-0.2, 0) is 6.42 Å². The van der Waals surface area contributed by atoms with E-state index in [9.17, 15) is 0 Å². The second-order valence-electron chi connectivity index (χ2n) is 5.76. The fourth-order valence-corrected chi connectivity index (χ4v) is 2.75. The van der Waals surface area contributed by atoms with Gasteiger partial charge in [0.2, 0.25) is 0 Å². The van der Waals surface area contributed by atoms with E-state index in [1.165, 1.54) is 56.1 Å². The molecule has 114 valence electrons. The first-order chi connectivity index (χ1) is 9.81. The molecule has 1 atom stereocenters. The average Bonchev–Trinajstić information content (AvgIpc) is 2.50. The van der Waals surface area contributed by atoms with Crippen LogP contribution in [0.5, 0.6) is 0 Å². The maximum Gasteiger partial charge on any atom is 0.0320 e. The molecule has 1 aromatic rings. The smallest absolute Gasteiger partial charge is 0.0320 e. The molecule has 0 spiro atoms.